The number of hydrogen-bond donors (Lipinski definition) is 0. The Kier molecular flexibility index (Phi) is 4.79. The van der Waals surface area contributed by atoms with Crippen LogP contribution in [0.3, 0.4) is 0 Å². The Morgan fingerprint density at radius 2 is 1.64 bits per heavy atom. The maximum atomic E-state index is 12.2. The van der Waals surface area contributed by atoms with Crippen LogP contribution in [0.5, 0.6) is 11.5 Å². The van der Waals surface area contributed by atoms with Crippen molar-refractivity contribution in [1.82, 2.24) is 10.1 Å². The SMILES string of the molecule is Cc1cc(C)cc(C(=O)Oc2ccc(OCc3nc(C)no3)cc2)c1. The molecule has 1 heterocycles. The predicted molar refractivity (Wildman–Crippen MR) is 90.7 cm³/mol. The van der Waals surface area contributed by atoms with E-state index in [-0.39, 0.29) is 12.6 Å². The second-order valence-corrected chi connectivity index (χ2v) is 5.76. The number of aryl methyl sites for hydroxylation is 3. The van der Waals surface area contributed by atoms with Gasteiger partial charge in [0.05, 0.1) is 5.56 Å². The maximum absolute atomic E-state index is 12.2. The number of benzene rings is 2. The number of carbonyl (C=O) groups excluding carboxylic acids is 1. The fourth-order valence-electron chi connectivity index (χ4n) is 2.41. The summed E-state index contributed by atoms with van der Waals surface area (Å²) in [7, 11) is 0. The van der Waals surface area contributed by atoms with E-state index in [9.17, 15) is 4.79 Å². The van der Waals surface area contributed by atoms with E-state index in [4.69, 9.17) is 14.0 Å². The van der Waals surface area contributed by atoms with Crippen molar-refractivity contribution in [3.8, 4) is 11.5 Å². The minimum Gasteiger partial charge on any atom is -0.484 e. The van der Waals surface area contributed by atoms with Crippen molar-refractivity contribution in [2.45, 2.75) is 27.4 Å². The van der Waals surface area contributed by atoms with E-state index < -0.39 is 0 Å². The lowest BCUT2D eigenvalue weighted by molar-refractivity contribution is 0.0734. The van der Waals surface area contributed by atoms with Gasteiger partial charge in [0.2, 0.25) is 0 Å². The highest BCUT2D eigenvalue weighted by Gasteiger charge is 2.10. The zero-order valence-electron chi connectivity index (χ0n) is 14.3. The molecule has 0 atom stereocenters. The van der Waals surface area contributed by atoms with Crippen LogP contribution >= 0.6 is 0 Å². The molecule has 6 nitrogen and oxygen atoms in total. The molecule has 0 saturated heterocycles. The molecule has 0 aliphatic carbocycles. The van der Waals surface area contributed by atoms with E-state index in [1.807, 2.05) is 19.9 Å². The monoisotopic (exact) mass is 338 g/mol. The van der Waals surface area contributed by atoms with Crippen LogP contribution in [0.2, 0.25) is 0 Å². The molecule has 0 amide bonds. The van der Waals surface area contributed by atoms with Gasteiger partial charge in [-0.05, 0) is 57.2 Å². The van der Waals surface area contributed by atoms with Gasteiger partial charge in [0, 0.05) is 0 Å². The molecule has 3 rings (SSSR count). The van der Waals surface area contributed by atoms with Crippen LogP contribution in [0.1, 0.15) is 33.2 Å². The van der Waals surface area contributed by atoms with Crippen molar-refractivity contribution in [1.29, 1.82) is 0 Å². The van der Waals surface area contributed by atoms with Gasteiger partial charge in [0.25, 0.3) is 5.89 Å². The minimum atomic E-state index is -0.387. The van der Waals surface area contributed by atoms with E-state index in [1.54, 1.807) is 43.3 Å². The summed E-state index contributed by atoms with van der Waals surface area (Å²) in [6, 6.07) is 12.4. The van der Waals surface area contributed by atoms with Crippen LogP contribution in [0.15, 0.2) is 47.0 Å². The van der Waals surface area contributed by atoms with Crippen molar-refractivity contribution in [2.24, 2.45) is 0 Å². The van der Waals surface area contributed by atoms with Gasteiger partial charge >= 0.3 is 5.97 Å². The molecule has 0 bridgehead atoms. The minimum absolute atomic E-state index is 0.183. The molecule has 0 N–H and O–H groups in total. The number of nitrogens with zero attached hydrogens (tertiary/aromatic N) is 2. The first-order valence-corrected chi connectivity index (χ1v) is 7.82. The molecule has 25 heavy (non-hydrogen) atoms. The van der Waals surface area contributed by atoms with E-state index in [2.05, 4.69) is 10.1 Å². The summed E-state index contributed by atoms with van der Waals surface area (Å²) in [5.74, 6) is 1.64. The summed E-state index contributed by atoms with van der Waals surface area (Å²) < 4.78 is 15.9. The fraction of sp³-hybridized carbons (Fsp3) is 0.211. The average Bonchev–Trinajstić information content (AvgIpc) is 2.99. The normalized spacial score (nSPS) is 10.5. The van der Waals surface area contributed by atoms with Gasteiger partial charge in [-0.3, -0.25) is 0 Å². The molecule has 0 spiro atoms. The summed E-state index contributed by atoms with van der Waals surface area (Å²) in [5, 5.41) is 3.69. The second-order valence-electron chi connectivity index (χ2n) is 5.76. The van der Waals surface area contributed by atoms with Gasteiger partial charge in [-0.2, -0.15) is 4.98 Å². The molecule has 128 valence electrons. The summed E-state index contributed by atoms with van der Waals surface area (Å²) in [6.07, 6.45) is 0. The lowest BCUT2D eigenvalue weighted by Crippen LogP contribution is -2.09. The van der Waals surface area contributed by atoms with Gasteiger partial charge in [-0.1, -0.05) is 22.3 Å². The maximum Gasteiger partial charge on any atom is 0.343 e. The summed E-state index contributed by atoms with van der Waals surface area (Å²) in [5.41, 5.74) is 2.57. The quantitative estimate of drug-likeness (QED) is 0.520. The summed E-state index contributed by atoms with van der Waals surface area (Å²) >= 11 is 0. The van der Waals surface area contributed by atoms with Crippen molar-refractivity contribution < 1.29 is 18.8 Å². The van der Waals surface area contributed by atoms with Crippen molar-refractivity contribution >= 4 is 5.97 Å². The second kappa shape index (κ2) is 7.17. The largest absolute Gasteiger partial charge is 0.484 e. The first-order chi connectivity index (χ1) is 12.0. The van der Waals surface area contributed by atoms with Crippen LogP contribution < -0.4 is 9.47 Å². The van der Waals surface area contributed by atoms with Crippen LogP contribution in [0, 0.1) is 20.8 Å². The van der Waals surface area contributed by atoms with Gasteiger partial charge in [-0.15, -0.1) is 0 Å². The molecular weight excluding hydrogens is 320 g/mol. The van der Waals surface area contributed by atoms with Gasteiger partial charge in [-0.25, -0.2) is 4.79 Å². The molecule has 0 radical (unpaired) electrons. The molecule has 3 aromatic rings. The third-order valence-corrected chi connectivity index (χ3v) is 3.42. The molecule has 0 saturated carbocycles. The van der Waals surface area contributed by atoms with Gasteiger partial charge in [0.15, 0.2) is 12.4 Å². The van der Waals surface area contributed by atoms with Crippen LogP contribution in [0.4, 0.5) is 0 Å². The van der Waals surface area contributed by atoms with Crippen molar-refractivity contribution in [3.63, 3.8) is 0 Å². The number of aromatic nitrogens is 2. The van der Waals surface area contributed by atoms with Crippen LogP contribution in [-0.4, -0.2) is 16.1 Å². The number of esters is 1. The highest BCUT2D eigenvalue weighted by atomic mass is 16.5. The fourth-order valence-corrected chi connectivity index (χ4v) is 2.41. The first kappa shape index (κ1) is 16.7. The number of hydrogen-bond acceptors (Lipinski definition) is 6. The Morgan fingerprint density at radius 3 is 2.24 bits per heavy atom. The topological polar surface area (TPSA) is 74.5 Å². The van der Waals surface area contributed by atoms with Crippen LogP contribution in [-0.2, 0) is 6.61 Å². The molecule has 6 heteroatoms. The lowest BCUT2D eigenvalue weighted by Gasteiger charge is -2.07. The van der Waals surface area contributed by atoms with E-state index in [1.165, 1.54) is 0 Å². The zero-order chi connectivity index (χ0) is 17.8. The van der Waals surface area contributed by atoms with E-state index >= 15 is 0 Å². The Bertz CT molecular complexity index is 864. The third-order valence-electron chi connectivity index (χ3n) is 3.42. The Balaban J connectivity index is 1.61. The molecule has 0 fully saturated rings. The molecule has 0 aliphatic rings. The first-order valence-electron chi connectivity index (χ1n) is 7.82. The molecule has 1 aromatic heterocycles. The van der Waals surface area contributed by atoms with Crippen molar-refractivity contribution in [2.75, 3.05) is 0 Å². The van der Waals surface area contributed by atoms with Crippen molar-refractivity contribution in [3.05, 3.63) is 70.9 Å². The lowest BCUT2D eigenvalue weighted by atomic mass is 10.1. The number of carbonyl (C=O) groups is 1. The van der Waals surface area contributed by atoms with Gasteiger partial charge in [0.1, 0.15) is 11.5 Å². The molecular formula is C19H18N2O4. The number of ether oxygens (including phenoxy) is 2. The molecule has 0 unspecified atom stereocenters. The summed E-state index contributed by atoms with van der Waals surface area (Å²) in [4.78, 5) is 16.3. The highest BCUT2D eigenvalue weighted by molar-refractivity contribution is 5.91. The average molecular weight is 338 g/mol. The Hall–Kier alpha value is -3.15. The Labute approximate surface area is 145 Å². The third kappa shape index (κ3) is 4.44. The van der Waals surface area contributed by atoms with Gasteiger partial charge < -0.3 is 14.0 Å². The zero-order valence-corrected chi connectivity index (χ0v) is 14.3. The standard InChI is InChI=1S/C19H18N2O4/c1-12-8-13(2)10-15(9-12)19(22)24-17-6-4-16(5-7-17)23-11-18-20-14(3)21-25-18/h4-10H,11H2,1-3H3. The Morgan fingerprint density at radius 1 is 1.00 bits per heavy atom. The van der Waals surface area contributed by atoms with E-state index in [0.717, 1.165) is 11.1 Å². The molecule has 0 aliphatic heterocycles. The van der Waals surface area contributed by atoms with E-state index in [0.29, 0.717) is 28.8 Å². The predicted octanol–water partition coefficient (Wildman–Crippen LogP) is 3.79. The summed E-state index contributed by atoms with van der Waals surface area (Å²) in [6.45, 7) is 5.82. The smallest absolute Gasteiger partial charge is 0.343 e. The highest BCUT2D eigenvalue weighted by Crippen LogP contribution is 2.20. The molecule has 2 aromatic carbocycles. The van der Waals surface area contributed by atoms with Crippen LogP contribution in [0.25, 0.3) is 0 Å². The number of rotatable bonds is 5.